The second-order valence-electron chi connectivity index (χ2n) is 6.08. The number of nitro groups is 1. The van der Waals surface area contributed by atoms with Gasteiger partial charge in [0, 0.05) is 12.1 Å². The van der Waals surface area contributed by atoms with Crippen molar-refractivity contribution in [2.75, 3.05) is 4.31 Å². The molecule has 0 saturated heterocycles. The van der Waals surface area contributed by atoms with Gasteiger partial charge < -0.3 is 0 Å². The normalized spacial score (nSPS) is 11.1. The summed E-state index contributed by atoms with van der Waals surface area (Å²) in [5.41, 5.74) is 2.23. The molecule has 0 fully saturated rings. The van der Waals surface area contributed by atoms with E-state index in [-0.39, 0.29) is 17.1 Å². The zero-order valence-corrected chi connectivity index (χ0v) is 15.5. The van der Waals surface area contributed by atoms with Crippen LogP contribution in [-0.4, -0.2) is 13.3 Å². The highest BCUT2D eigenvalue weighted by Crippen LogP contribution is 2.27. The number of hydrogen-bond acceptors (Lipinski definition) is 4. The summed E-state index contributed by atoms with van der Waals surface area (Å²) >= 11 is 0. The highest BCUT2D eigenvalue weighted by atomic mass is 32.2. The molecule has 0 amide bonds. The maximum Gasteiger partial charge on any atom is 0.269 e. The van der Waals surface area contributed by atoms with E-state index >= 15 is 0 Å². The fourth-order valence-corrected chi connectivity index (χ4v) is 4.10. The Balaban J connectivity index is 2.04. The summed E-state index contributed by atoms with van der Waals surface area (Å²) in [6.07, 6.45) is 0. The number of aryl methyl sites for hydroxylation is 1. The number of rotatable bonds is 6. The van der Waals surface area contributed by atoms with Crippen LogP contribution in [0.1, 0.15) is 11.1 Å². The predicted molar refractivity (Wildman–Crippen MR) is 104 cm³/mol. The Morgan fingerprint density at radius 1 is 0.889 bits per heavy atom. The highest BCUT2D eigenvalue weighted by molar-refractivity contribution is 7.92. The molecule has 0 heterocycles. The quantitative estimate of drug-likeness (QED) is 0.470. The van der Waals surface area contributed by atoms with E-state index in [2.05, 4.69) is 0 Å². The fourth-order valence-electron chi connectivity index (χ4n) is 2.64. The lowest BCUT2D eigenvalue weighted by atomic mass is 10.2. The topological polar surface area (TPSA) is 80.5 Å². The number of hydrogen-bond donors (Lipinski definition) is 0. The van der Waals surface area contributed by atoms with Gasteiger partial charge in [0.25, 0.3) is 15.7 Å². The minimum Gasteiger partial charge on any atom is -0.262 e. The lowest BCUT2D eigenvalue weighted by molar-refractivity contribution is -0.384. The molecule has 3 rings (SSSR count). The van der Waals surface area contributed by atoms with Crippen LogP contribution in [-0.2, 0) is 16.6 Å². The van der Waals surface area contributed by atoms with E-state index < -0.39 is 14.9 Å². The van der Waals surface area contributed by atoms with Crippen molar-refractivity contribution in [3.8, 4) is 0 Å². The predicted octanol–water partition coefficient (Wildman–Crippen LogP) is 4.30. The van der Waals surface area contributed by atoms with Gasteiger partial charge in [0.1, 0.15) is 0 Å². The molecule has 0 unspecified atom stereocenters. The van der Waals surface area contributed by atoms with E-state index in [0.717, 1.165) is 11.1 Å². The standard InChI is InChI=1S/C20H18N2O4S/c1-16-7-9-18(10-8-16)21(15-17-5-3-2-4-6-17)27(25,26)20-13-11-19(12-14-20)22(23)24/h2-14H,15H2,1H3. The summed E-state index contributed by atoms with van der Waals surface area (Å²) in [6, 6.07) is 21.4. The molecule has 0 saturated carbocycles. The zero-order valence-electron chi connectivity index (χ0n) is 14.6. The van der Waals surface area contributed by atoms with E-state index in [0.29, 0.717) is 5.69 Å². The lowest BCUT2D eigenvalue weighted by Gasteiger charge is -2.25. The van der Waals surface area contributed by atoms with Crippen molar-refractivity contribution in [3.05, 3.63) is 100 Å². The van der Waals surface area contributed by atoms with Crippen LogP contribution in [0.25, 0.3) is 0 Å². The monoisotopic (exact) mass is 382 g/mol. The molecule has 0 radical (unpaired) electrons. The van der Waals surface area contributed by atoms with Crippen molar-refractivity contribution in [1.82, 2.24) is 0 Å². The number of nitro benzene ring substituents is 1. The van der Waals surface area contributed by atoms with Crippen LogP contribution >= 0.6 is 0 Å². The number of benzene rings is 3. The lowest BCUT2D eigenvalue weighted by Crippen LogP contribution is -2.30. The molecule has 0 aliphatic rings. The average molecular weight is 382 g/mol. The first kappa shape index (κ1) is 18.6. The average Bonchev–Trinajstić information content (AvgIpc) is 2.68. The molecule has 0 aliphatic heterocycles. The Labute approximate surface area is 157 Å². The molecule has 0 atom stereocenters. The molecule has 0 bridgehead atoms. The summed E-state index contributed by atoms with van der Waals surface area (Å²) in [7, 11) is -3.90. The van der Waals surface area contributed by atoms with Crippen LogP contribution in [0, 0.1) is 17.0 Å². The third-order valence-corrected chi connectivity index (χ3v) is 5.91. The van der Waals surface area contributed by atoms with Gasteiger partial charge in [-0.3, -0.25) is 14.4 Å². The Morgan fingerprint density at radius 2 is 1.48 bits per heavy atom. The van der Waals surface area contributed by atoms with Crippen LogP contribution in [0.15, 0.2) is 83.8 Å². The van der Waals surface area contributed by atoms with Crippen molar-refractivity contribution >= 4 is 21.4 Å². The van der Waals surface area contributed by atoms with Crippen molar-refractivity contribution < 1.29 is 13.3 Å². The van der Waals surface area contributed by atoms with E-state index in [1.54, 1.807) is 12.1 Å². The second kappa shape index (κ2) is 7.59. The van der Waals surface area contributed by atoms with Crippen LogP contribution < -0.4 is 4.31 Å². The third-order valence-electron chi connectivity index (χ3n) is 4.13. The van der Waals surface area contributed by atoms with Crippen LogP contribution in [0.4, 0.5) is 11.4 Å². The minimum absolute atomic E-state index is 0.00426. The number of sulfonamides is 1. The fraction of sp³-hybridized carbons (Fsp3) is 0.100. The molecule has 27 heavy (non-hydrogen) atoms. The van der Waals surface area contributed by atoms with Gasteiger partial charge in [-0.05, 0) is 36.8 Å². The summed E-state index contributed by atoms with van der Waals surface area (Å²) in [5, 5.41) is 10.8. The first-order valence-corrected chi connectivity index (χ1v) is 9.70. The van der Waals surface area contributed by atoms with E-state index in [1.807, 2.05) is 49.4 Å². The summed E-state index contributed by atoms with van der Waals surface area (Å²) in [6.45, 7) is 2.08. The minimum atomic E-state index is -3.90. The van der Waals surface area contributed by atoms with Crippen LogP contribution in [0.3, 0.4) is 0 Å². The van der Waals surface area contributed by atoms with Gasteiger partial charge in [0.05, 0.1) is 22.1 Å². The van der Waals surface area contributed by atoms with Gasteiger partial charge in [-0.25, -0.2) is 8.42 Å². The van der Waals surface area contributed by atoms with Crippen LogP contribution in [0.5, 0.6) is 0 Å². The summed E-state index contributed by atoms with van der Waals surface area (Å²) in [5.74, 6) is 0. The molecular weight excluding hydrogens is 364 g/mol. The van der Waals surface area contributed by atoms with Gasteiger partial charge in [-0.15, -0.1) is 0 Å². The molecule has 0 aliphatic carbocycles. The van der Waals surface area contributed by atoms with Crippen molar-refractivity contribution in [2.45, 2.75) is 18.4 Å². The maximum atomic E-state index is 13.3. The first-order valence-electron chi connectivity index (χ1n) is 8.26. The second-order valence-corrected chi connectivity index (χ2v) is 7.95. The van der Waals surface area contributed by atoms with Crippen molar-refractivity contribution in [1.29, 1.82) is 0 Å². The molecule has 3 aromatic rings. The van der Waals surface area contributed by atoms with Gasteiger partial charge in [-0.1, -0.05) is 48.0 Å². The molecular formula is C20H18N2O4S. The Hall–Kier alpha value is -3.19. The summed E-state index contributed by atoms with van der Waals surface area (Å²) < 4.78 is 27.8. The first-order chi connectivity index (χ1) is 12.9. The van der Waals surface area contributed by atoms with Gasteiger partial charge in [-0.2, -0.15) is 0 Å². The smallest absolute Gasteiger partial charge is 0.262 e. The van der Waals surface area contributed by atoms with Crippen LogP contribution in [0.2, 0.25) is 0 Å². The number of non-ortho nitro benzene ring substituents is 1. The Morgan fingerprint density at radius 3 is 2.04 bits per heavy atom. The third kappa shape index (κ3) is 4.15. The SMILES string of the molecule is Cc1ccc(N(Cc2ccccc2)S(=O)(=O)c2ccc([N+](=O)[O-])cc2)cc1. The van der Waals surface area contributed by atoms with E-state index in [1.165, 1.54) is 28.6 Å². The van der Waals surface area contributed by atoms with Crippen molar-refractivity contribution in [2.24, 2.45) is 0 Å². The number of anilines is 1. The maximum absolute atomic E-state index is 13.3. The highest BCUT2D eigenvalue weighted by Gasteiger charge is 2.26. The van der Waals surface area contributed by atoms with Crippen molar-refractivity contribution in [3.63, 3.8) is 0 Å². The molecule has 6 nitrogen and oxygen atoms in total. The molecule has 0 N–H and O–H groups in total. The van der Waals surface area contributed by atoms with Gasteiger partial charge in [0.2, 0.25) is 0 Å². The number of nitrogens with zero attached hydrogens (tertiary/aromatic N) is 2. The van der Waals surface area contributed by atoms with Gasteiger partial charge >= 0.3 is 0 Å². The molecule has 7 heteroatoms. The molecule has 3 aromatic carbocycles. The Kier molecular flexibility index (Phi) is 5.23. The van der Waals surface area contributed by atoms with E-state index in [9.17, 15) is 18.5 Å². The molecule has 0 spiro atoms. The molecule has 138 valence electrons. The summed E-state index contributed by atoms with van der Waals surface area (Å²) in [4.78, 5) is 10.3. The van der Waals surface area contributed by atoms with E-state index in [4.69, 9.17) is 0 Å². The molecule has 0 aromatic heterocycles. The van der Waals surface area contributed by atoms with Gasteiger partial charge in [0.15, 0.2) is 0 Å². The zero-order chi connectivity index (χ0) is 19.4. The largest absolute Gasteiger partial charge is 0.269 e. The Bertz CT molecular complexity index is 1030.